The summed E-state index contributed by atoms with van der Waals surface area (Å²) in [5.74, 6) is 0.415. The van der Waals surface area contributed by atoms with Crippen LogP contribution in [0.25, 0.3) is 0 Å². The van der Waals surface area contributed by atoms with Crippen molar-refractivity contribution in [3.8, 4) is 0 Å². The maximum Gasteiger partial charge on any atom is 0.227 e. The second-order valence-corrected chi connectivity index (χ2v) is 7.05. The van der Waals surface area contributed by atoms with Crippen LogP contribution in [-0.2, 0) is 9.59 Å². The molecule has 2 saturated heterocycles. The minimum Gasteiger partial charge on any atom is -0.349 e. The zero-order valence-corrected chi connectivity index (χ0v) is 15.8. The fourth-order valence-electron chi connectivity index (χ4n) is 3.67. The monoisotopic (exact) mass is 365 g/mol. The number of piperidine rings is 1. The first-order valence-corrected chi connectivity index (χ1v) is 8.98. The van der Waals surface area contributed by atoms with E-state index < -0.39 is 0 Å². The van der Waals surface area contributed by atoms with E-state index in [1.807, 2.05) is 36.1 Å². The minimum atomic E-state index is -0.0552. The van der Waals surface area contributed by atoms with Crippen LogP contribution in [0.1, 0.15) is 51.1 Å². The minimum absolute atomic E-state index is 0. The van der Waals surface area contributed by atoms with Crippen molar-refractivity contribution in [2.45, 2.75) is 51.6 Å². The molecule has 0 bridgehead atoms. The Morgan fingerprint density at radius 1 is 1.40 bits per heavy atom. The van der Waals surface area contributed by atoms with Gasteiger partial charge >= 0.3 is 0 Å². The van der Waals surface area contributed by atoms with Gasteiger partial charge in [0.1, 0.15) is 0 Å². The van der Waals surface area contributed by atoms with Gasteiger partial charge in [0, 0.05) is 30.6 Å². The largest absolute Gasteiger partial charge is 0.349 e. The summed E-state index contributed by atoms with van der Waals surface area (Å²) in [5.41, 5.74) is 1.98. The van der Waals surface area contributed by atoms with Gasteiger partial charge in [-0.25, -0.2) is 0 Å². The topological polar surface area (TPSA) is 61.4 Å². The Morgan fingerprint density at radius 2 is 2.20 bits per heavy atom. The molecule has 0 radical (unpaired) electrons. The van der Waals surface area contributed by atoms with Gasteiger partial charge in [-0.3, -0.25) is 9.59 Å². The van der Waals surface area contributed by atoms with Crippen LogP contribution in [0.5, 0.6) is 0 Å². The van der Waals surface area contributed by atoms with Crippen molar-refractivity contribution in [3.05, 3.63) is 29.8 Å². The quantitative estimate of drug-likeness (QED) is 0.862. The third kappa shape index (κ3) is 4.73. The van der Waals surface area contributed by atoms with E-state index >= 15 is 0 Å². The number of hydrogen-bond acceptors (Lipinski definition) is 3. The van der Waals surface area contributed by atoms with Crippen LogP contribution in [-0.4, -0.2) is 30.9 Å². The second-order valence-electron chi connectivity index (χ2n) is 7.05. The highest BCUT2D eigenvalue weighted by Gasteiger charge is 2.26. The SMILES string of the molecule is CC(NC(=O)[C@H]1CCN[C@@H](C)C1)c1cccc(N2CCCC2=O)c1.Cl. The summed E-state index contributed by atoms with van der Waals surface area (Å²) >= 11 is 0. The molecule has 0 aliphatic carbocycles. The number of nitrogens with one attached hydrogen (secondary N) is 2. The smallest absolute Gasteiger partial charge is 0.227 e. The average molecular weight is 366 g/mol. The second kappa shape index (κ2) is 8.68. The molecule has 2 heterocycles. The summed E-state index contributed by atoms with van der Waals surface area (Å²) < 4.78 is 0. The number of benzene rings is 1. The van der Waals surface area contributed by atoms with Crippen molar-refractivity contribution in [3.63, 3.8) is 0 Å². The highest BCUT2D eigenvalue weighted by Crippen LogP contribution is 2.25. The summed E-state index contributed by atoms with van der Waals surface area (Å²) in [6, 6.07) is 8.32. The molecule has 2 fully saturated rings. The molecule has 0 aromatic heterocycles. The van der Waals surface area contributed by atoms with Crippen LogP contribution < -0.4 is 15.5 Å². The van der Waals surface area contributed by atoms with Gasteiger partial charge in [-0.2, -0.15) is 0 Å². The number of halogens is 1. The predicted octanol–water partition coefficient (Wildman–Crippen LogP) is 2.80. The molecule has 1 unspecified atom stereocenters. The Hall–Kier alpha value is -1.59. The van der Waals surface area contributed by atoms with Gasteiger partial charge in [0.15, 0.2) is 0 Å². The van der Waals surface area contributed by atoms with Crippen LogP contribution in [0, 0.1) is 5.92 Å². The fourth-order valence-corrected chi connectivity index (χ4v) is 3.67. The van der Waals surface area contributed by atoms with E-state index in [9.17, 15) is 9.59 Å². The Morgan fingerprint density at radius 3 is 2.88 bits per heavy atom. The predicted molar refractivity (Wildman–Crippen MR) is 102 cm³/mol. The Labute approximate surface area is 155 Å². The van der Waals surface area contributed by atoms with Crippen LogP contribution in [0.4, 0.5) is 5.69 Å². The molecular weight excluding hydrogens is 338 g/mol. The molecule has 2 N–H and O–H groups in total. The van der Waals surface area contributed by atoms with Crippen molar-refractivity contribution in [2.75, 3.05) is 18.0 Å². The normalized spacial score (nSPS) is 24.6. The maximum atomic E-state index is 12.5. The molecular formula is C19H28ClN3O2. The van der Waals surface area contributed by atoms with E-state index in [2.05, 4.69) is 17.6 Å². The molecule has 1 aromatic rings. The van der Waals surface area contributed by atoms with Gasteiger partial charge in [-0.05, 0) is 57.4 Å². The third-order valence-electron chi connectivity index (χ3n) is 5.11. The Kier molecular flexibility index (Phi) is 6.85. The van der Waals surface area contributed by atoms with E-state index in [0.717, 1.165) is 43.6 Å². The molecule has 138 valence electrons. The lowest BCUT2D eigenvalue weighted by molar-refractivity contribution is -0.126. The maximum absolute atomic E-state index is 12.5. The van der Waals surface area contributed by atoms with E-state index in [4.69, 9.17) is 0 Å². The van der Waals surface area contributed by atoms with E-state index in [-0.39, 0.29) is 36.2 Å². The summed E-state index contributed by atoms with van der Waals surface area (Å²) in [4.78, 5) is 26.3. The lowest BCUT2D eigenvalue weighted by Crippen LogP contribution is -2.43. The molecule has 2 amide bonds. The lowest BCUT2D eigenvalue weighted by atomic mass is 9.92. The first-order chi connectivity index (χ1) is 11.5. The molecule has 5 nitrogen and oxygen atoms in total. The van der Waals surface area contributed by atoms with Crippen molar-refractivity contribution < 1.29 is 9.59 Å². The van der Waals surface area contributed by atoms with Crippen LogP contribution in [0.2, 0.25) is 0 Å². The molecule has 3 atom stereocenters. The molecule has 6 heteroatoms. The van der Waals surface area contributed by atoms with Crippen LogP contribution >= 0.6 is 12.4 Å². The van der Waals surface area contributed by atoms with Gasteiger partial charge in [0.05, 0.1) is 6.04 Å². The van der Waals surface area contributed by atoms with E-state index in [1.54, 1.807) is 0 Å². The van der Waals surface area contributed by atoms with Gasteiger partial charge in [-0.15, -0.1) is 12.4 Å². The summed E-state index contributed by atoms with van der Waals surface area (Å²) in [6.45, 7) is 5.82. The highest BCUT2D eigenvalue weighted by molar-refractivity contribution is 5.95. The molecule has 2 aliphatic rings. The Balaban J connectivity index is 0.00000225. The molecule has 0 spiro atoms. The van der Waals surface area contributed by atoms with Crippen LogP contribution in [0.3, 0.4) is 0 Å². The van der Waals surface area contributed by atoms with Crippen molar-refractivity contribution >= 4 is 29.9 Å². The molecule has 2 aliphatic heterocycles. The first kappa shape index (κ1) is 19.7. The number of hydrogen-bond donors (Lipinski definition) is 2. The number of rotatable bonds is 4. The zero-order valence-electron chi connectivity index (χ0n) is 15.0. The molecule has 1 aromatic carbocycles. The number of amides is 2. The van der Waals surface area contributed by atoms with Crippen molar-refractivity contribution in [1.82, 2.24) is 10.6 Å². The zero-order chi connectivity index (χ0) is 17.1. The molecule has 25 heavy (non-hydrogen) atoms. The van der Waals surface area contributed by atoms with Crippen molar-refractivity contribution in [2.24, 2.45) is 5.92 Å². The summed E-state index contributed by atoms with van der Waals surface area (Å²) in [6.07, 6.45) is 3.33. The van der Waals surface area contributed by atoms with E-state index in [0.29, 0.717) is 12.5 Å². The van der Waals surface area contributed by atoms with E-state index in [1.165, 1.54) is 0 Å². The standard InChI is InChI=1S/C19H27N3O2.ClH/c1-13-11-16(8-9-20-13)19(24)21-14(2)15-5-3-6-17(12-15)22-10-4-7-18(22)23;/h3,5-6,12-14,16,20H,4,7-11H2,1-2H3,(H,21,24);1H/t13-,14?,16-;/m0./s1. The first-order valence-electron chi connectivity index (χ1n) is 8.98. The van der Waals surface area contributed by atoms with Crippen LogP contribution in [0.15, 0.2) is 24.3 Å². The number of carbonyl (C=O) groups excluding carboxylic acids is 2. The summed E-state index contributed by atoms with van der Waals surface area (Å²) in [5, 5.41) is 6.52. The fraction of sp³-hybridized carbons (Fsp3) is 0.579. The molecule has 3 rings (SSSR count). The third-order valence-corrected chi connectivity index (χ3v) is 5.11. The number of nitrogens with zero attached hydrogens (tertiary/aromatic N) is 1. The molecule has 0 saturated carbocycles. The summed E-state index contributed by atoms with van der Waals surface area (Å²) in [7, 11) is 0. The highest BCUT2D eigenvalue weighted by atomic mass is 35.5. The number of carbonyl (C=O) groups is 2. The average Bonchev–Trinajstić information content (AvgIpc) is 3.01. The number of anilines is 1. The van der Waals surface area contributed by atoms with Crippen molar-refractivity contribution in [1.29, 1.82) is 0 Å². The van der Waals surface area contributed by atoms with Gasteiger partial charge in [0.2, 0.25) is 11.8 Å². The van der Waals surface area contributed by atoms with Gasteiger partial charge in [0.25, 0.3) is 0 Å². The lowest BCUT2D eigenvalue weighted by Gasteiger charge is -2.28. The van der Waals surface area contributed by atoms with Gasteiger partial charge in [-0.1, -0.05) is 12.1 Å². The van der Waals surface area contributed by atoms with Gasteiger partial charge < -0.3 is 15.5 Å². The Bertz CT molecular complexity index is 622.